The molecule has 1 aliphatic carbocycles. The second kappa shape index (κ2) is 7.68. The summed E-state index contributed by atoms with van der Waals surface area (Å²) < 4.78 is 6.18. The van der Waals surface area contributed by atoms with Crippen LogP contribution in [0, 0.1) is 12.8 Å². The van der Waals surface area contributed by atoms with E-state index in [0.29, 0.717) is 37.1 Å². The van der Waals surface area contributed by atoms with Gasteiger partial charge in [0.25, 0.3) is 0 Å². The number of hydrogen-bond donors (Lipinski definition) is 3. The summed E-state index contributed by atoms with van der Waals surface area (Å²) in [5.74, 6) is -0.449. The van der Waals surface area contributed by atoms with Gasteiger partial charge < -0.3 is 20.5 Å². The van der Waals surface area contributed by atoms with Gasteiger partial charge in [0, 0.05) is 10.5 Å². The summed E-state index contributed by atoms with van der Waals surface area (Å²) in [4.78, 5) is 23.1. The Morgan fingerprint density at radius 2 is 1.91 bits per heavy atom. The van der Waals surface area contributed by atoms with Crippen LogP contribution in [-0.4, -0.2) is 30.3 Å². The lowest BCUT2D eigenvalue weighted by Gasteiger charge is -2.27. The molecule has 2 amide bonds. The summed E-state index contributed by atoms with van der Waals surface area (Å²) >= 11 is 3.39. The SMILES string of the molecule is COc1cc(Br)cc(C)c1NC(=O)NC1CCC(C(=O)O)CC1. The molecule has 1 fully saturated rings. The quantitative estimate of drug-likeness (QED) is 0.740. The number of urea groups is 1. The Kier molecular flexibility index (Phi) is 5.87. The number of rotatable bonds is 4. The van der Waals surface area contributed by atoms with E-state index in [2.05, 4.69) is 26.6 Å². The Labute approximate surface area is 143 Å². The fourth-order valence-corrected chi connectivity index (χ4v) is 3.40. The van der Waals surface area contributed by atoms with Gasteiger partial charge in [0.15, 0.2) is 0 Å². The van der Waals surface area contributed by atoms with Gasteiger partial charge in [-0.15, -0.1) is 0 Å². The first-order valence-corrected chi connectivity index (χ1v) is 8.34. The molecule has 1 aliphatic rings. The van der Waals surface area contributed by atoms with E-state index in [1.165, 1.54) is 0 Å². The zero-order valence-corrected chi connectivity index (χ0v) is 14.8. The molecule has 1 saturated carbocycles. The topological polar surface area (TPSA) is 87.7 Å². The normalized spacial score (nSPS) is 20.7. The van der Waals surface area contributed by atoms with E-state index in [1.54, 1.807) is 13.2 Å². The highest BCUT2D eigenvalue weighted by atomic mass is 79.9. The molecule has 0 aliphatic heterocycles. The van der Waals surface area contributed by atoms with Gasteiger partial charge in [-0.2, -0.15) is 0 Å². The number of aryl methyl sites for hydroxylation is 1. The maximum atomic E-state index is 12.2. The van der Waals surface area contributed by atoms with Crippen LogP contribution in [0.4, 0.5) is 10.5 Å². The molecule has 23 heavy (non-hydrogen) atoms. The fraction of sp³-hybridized carbons (Fsp3) is 0.500. The highest BCUT2D eigenvalue weighted by molar-refractivity contribution is 9.10. The number of hydrogen-bond acceptors (Lipinski definition) is 3. The van der Waals surface area contributed by atoms with Crippen molar-refractivity contribution in [1.82, 2.24) is 5.32 Å². The van der Waals surface area contributed by atoms with E-state index in [9.17, 15) is 9.59 Å². The number of benzene rings is 1. The molecule has 0 heterocycles. The third-order valence-corrected chi connectivity index (χ3v) is 4.59. The lowest BCUT2D eigenvalue weighted by molar-refractivity contribution is -0.142. The van der Waals surface area contributed by atoms with Gasteiger partial charge in [-0.1, -0.05) is 15.9 Å². The Morgan fingerprint density at radius 1 is 1.26 bits per heavy atom. The third kappa shape index (κ3) is 4.60. The zero-order valence-electron chi connectivity index (χ0n) is 13.2. The second-order valence-corrected chi connectivity index (χ2v) is 6.70. The van der Waals surface area contributed by atoms with Crippen LogP contribution in [0.15, 0.2) is 16.6 Å². The molecule has 2 rings (SSSR count). The molecule has 0 atom stereocenters. The van der Waals surface area contributed by atoms with Gasteiger partial charge in [-0.3, -0.25) is 4.79 Å². The standard InChI is InChI=1S/C16H21BrN2O4/c1-9-7-11(17)8-13(23-2)14(9)19-16(22)18-12-5-3-10(4-6-12)15(20)21/h7-8,10,12H,3-6H2,1-2H3,(H,20,21)(H2,18,19,22). The molecule has 6 nitrogen and oxygen atoms in total. The molecule has 0 spiro atoms. The first-order chi connectivity index (χ1) is 10.9. The van der Waals surface area contributed by atoms with Crippen molar-refractivity contribution in [2.24, 2.45) is 5.92 Å². The molecule has 3 N–H and O–H groups in total. The van der Waals surface area contributed by atoms with Gasteiger partial charge >= 0.3 is 12.0 Å². The van der Waals surface area contributed by atoms with Gasteiger partial charge in [-0.05, 0) is 50.3 Å². The van der Waals surface area contributed by atoms with Crippen molar-refractivity contribution in [2.45, 2.75) is 38.6 Å². The summed E-state index contributed by atoms with van der Waals surface area (Å²) in [5.41, 5.74) is 1.52. The predicted molar refractivity (Wildman–Crippen MR) is 91.0 cm³/mol. The Hall–Kier alpha value is -1.76. The minimum atomic E-state index is -0.747. The van der Waals surface area contributed by atoms with Crippen LogP contribution in [0.3, 0.4) is 0 Å². The molecule has 0 radical (unpaired) electrons. The number of carbonyl (C=O) groups is 2. The van der Waals surface area contributed by atoms with E-state index in [1.807, 2.05) is 13.0 Å². The highest BCUT2D eigenvalue weighted by Crippen LogP contribution is 2.32. The van der Waals surface area contributed by atoms with Crippen molar-refractivity contribution in [3.8, 4) is 5.75 Å². The maximum Gasteiger partial charge on any atom is 0.319 e. The van der Waals surface area contributed by atoms with Crippen molar-refractivity contribution < 1.29 is 19.4 Å². The van der Waals surface area contributed by atoms with E-state index in [0.717, 1.165) is 10.0 Å². The van der Waals surface area contributed by atoms with Crippen LogP contribution in [0.5, 0.6) is 5.75 Å². The number of carbonyl (C=O) groups excluding carboxylic acids is 1. The summed E-state index contributed by atoms with van der Waals surface area (Å²) in [6.07, 6.45) is 2.56. The van der Waals surface area contributed by atoms with Crippen LogP contribution in [0.25, 0.3) is 0 Å². The number of anilines is 1. The van der Waals surface area contributed by atoms with Crippen molar-refractivity contribution in [1.29, 1.82) is 0 Å². The molecular formula is C16H21BrN2O4. The number of halogens is 1. The molecule has 0 aromatic heterocycles. The summed E-state index contributed by atoms with van der Waals surface area (Å²) in [6.45, 7) is 1.89. The van der Waals surface area contributed by atoms with E-state index in [-0.39, 0.29) is 18.0 Å². The number of amides is 2. The van der Waals surface area contributed by atoms with E-state index < -0.39 is 5.97 Å². The Bertz CT molecular complexity index is 598. The van der Waals surface area contributed by atoms with Crippen molar-refractivity contribution in [3.05, 3.63) is 22.2 Å². The number of aliphatic carboxylic acids is 1. The molecule has 0 saturated heterocycles. The van der Waals surface area contributed by atoms with E-state index in [4.69, 9.17) is 9.84 Å². The first kappa shape index (κ1) is 17.6. The number of methoxy groups -OCH3 is 1. The summed E-state index contributed by atoms with van der Waals surface area (Å²) in [7, 11) is 1.55. The van der Waals surface area contributed by atoms with Crippen LogP contribution in [0.1, 0.15) is 31.2 Å². The predicted octanol–water partition coefficient (Wildman–Crippen LogP) is 3.53. The molecule has 1 aromatic rings. The summed E-state index contributed by atoms with van der Waals surface area (Å²) in [6, 6.07) is 3.40. The lowest BCUT2D eigenvalue weighted by atomic mass is 9.86. The number of carboxylic acid groups (broad SMARTS) is 1. The minimum absolute atomic E-state index is 0.00680. The van der Waals surface area contributed by atoms with Gasteiger partial charge in [0.2, 0.25) is 0 Å². The fourth-order valence-electron chi connectivity index (χ4n) is 2.85. The molecule has 1 aromatic carbocycles. The van der Waals surface area contributed by atoms with Crippen molar-refractivity contribution >= 4 is 33.6 Å². The zero-order chi connectivity index (χ0) is 17.0. The Morgan fingerprint density at radius 3 is 2.48 bits per heavy atom. The van der Waals surface area contributed by atoms with Crippen molar-refractivity contribution in [3.63, 3.8) is 0 Å². The number of ether oxygens (including phenoxy) is 1. The molecule has 7 heteroatoms. The van der Waals surface area contributed by atoms with Crippen LogP contribution >= 0.6 is 15.9 Å². The second-order valence-electron chi connectivity index (χ2n) is 5.79. The van der Waals surface area contributed by atoms with E-state index >= 15 is 0 Å². The Balaban J connectivity index is 1.95. The van der Waals surface area contributed by atoms with Gasteiger partial charge in [0.1, 0.15) is 5.75 Å². The number of carboxylic acids is 1. The smallest absolute Gasteiger partial charge is 0.319 e. The third-order valence-electron chi connectivity index (χ3n) is 4.13. The molecule has 0 bridgehead atoms. The first-order valence-electron chi connectivity index (χ1n) is 7.55. The largest absolute Gasteiger partial charge is 0.495 e. The summed E-state index contributed by atoms with van der Waals surface area (Å²) in [5, 5.41) is 14.7. The van der Waals surface area contributed by atoms with Crippen LogP contribution in [0.2, 0.25) is 0 Å². The average Bonchev–Trinajstić information content (AvgIpc) is 2.50. The van der Waals surface area contributed by atoms with Crippen molar-refractivity contribution in [2.75, 3.05) is 12.4 Å². The van der Waals surface area contributed by atoms with Gasteiger partial charge in [0.05, 0.1) is 18.7 Å². The monoisotopic (exact) mass is 384 g/mol. The molecular weight excluding hydrogens is 364 g/mol. The lowest BCUT2D eigenvalue weighted by Crippen LogP contribution is -2.41. The highest BCUT2D eigenvalue weighted by Gasteiger charge is 2.26. The van der Waals surface area contributed by atoms with Crippen LogP contribution in [-0.2, 0) is 4.79 Å². The maximum absolute atomic E-state index is 12.2. The van der Waals surface area contributed by atoms with Gasteiger partial charge in [-0.25, -0.2) is 4.79 Å². The average molecular weight is 385 g/mol. The minimum Gasteiger partial charge on any atom is -0.495 e. The number of nitrogens with one attached hydrogen (secondary N) is 2. The molecule has 0 unspecified atom stereocenters. The molecule has 126 valence electrons. The van der Waals surface area contributed by atoms with Crippen LogP contribution < -0.4 is 15.4 Å².